The number of hydrogen-bond donors (Lipinski definition) is 1. The maximum absolute atomic E-state index is 12.7. The molecule has 3 nitrogen and oxygen atoms in total. The topological polar surface area (TPSA) is 46.2 Å². The van der Waals surface area contributed by atoms with Crippen LogP contribution in [0, 0.1) is 5.92 Å². The first-order valence-electron chi connectivity index (χ1n) is 7.92. The largest absolute Gasteiger partial charge is 0.325 e. The molecule has 0 bridgehead atoms. The number of Topliss-reactive ketones (excluding diaryl/α,β-unsaturated/α-hetero) is 1. The lowest BCUT2D eigenvalue weighted by Gasteiger charge is -2.18. The van der Waals surface area contributed by atoms with E-state index >= 15 is 0 Å². The summed E-state index contributed by atoms with van der Waals surface area (Å²) in [6, 6.07) is 5.62. The number of benzene rings is 1. The zero-order valence-electron chi connectivity index (χ0n) is 13.5. The summed E-state index contributed by atoms with van der Waals surface area (Å²) in [5, 5.41) is 2.88. The van der Waals surface area contributed by atoms with Gasteiger partial charge >= 0.3 is 0 Å². The van der Waals surface area contributed by atoms with E-state index < -0.39 is 5.41 Å². The molecule has 1 aromatic carbocycles. The summed E-state index contributed by atoms with van der Waals surface area (Å²) in [5.41, 5.74) is 1.95. The molecule has 0 spiro atoms. The van der Waals surface area contributed by atoms with Crippen LogP contribution in [0.2, 0.25) is 0 Å². The summed E-state index contributed by atoms with van der Waals surface area (Å²) < 4.78 is 0. The van der Waals surface area contributed by atoms with Crippen molar-refractivity contribution in [1.29, 1.82) is 0 Å². The van der Waals surface area contributed by atoms with Gasteiger partial charge < -0.3 is 5.32 Å². The normalized spacial score (nSPS) is 16.0. The molecule has 0 saturated carbocycles. The predicted octanol–water partition coefficient (Wildman–Crippen LogP) is 4.32. The molecule has 1 heterocycles. The highest BCUT2D eigenvalue weighted by atomic mass is 16.2. The standard InChI is InChI=1S/C18H25NO2/c1-5-7-12(8-6-2)16(20)13-9-10-15-14(11-13)18(3,4)17(21)19-15/h9-12H,5-8H2,1-4H3,(H,19,21). The number of rotatable bonds is 6. The molecule has 1 amide bonds. The van der Waals surface area contributed by atoms with Gasteiger partial charge in [0.1, 0.15) is 0 Å². The average Bonchev–Trinajstić information content (AvgIpc) is 2.68. The van der Waals surface area contributed by atoms with Gasteiger partial charge in [0, 0.05) is 17.2 Å². The zero-order chi connectivity index (χ0) is 15.6. The van der Waals surface area contributed by atoms with Crippen molar-refractivity contribution in [2.24, 2.45) is 5.92 Å². The molecule has 0 fully saturated rings. The summed E-state index contributed by atoms with van der Waals surface area (Å²) in [6.45, 7) is 8.03. The number of fused-ring (bicyclic) bond motifs is 1. The molecule has 1 N–H and O–H groups in total. The Morgan fingerprint density at radius 2 is 1.81 bits per heavy atom. The highest BCUT2D eigenvalue weighted by Crippen LogP contribution is 2.38. The van der Waals surface area contributed by atoms with Crippen molar-refractivity contribution in [1.82, 2.24) is 0 Å². The van der Waals surface area contributed by atoms with Gasteiger partial charge in [0.25, 0.3) is 0 Å². The Kier molecular flexibility index (Phi) is 4.50. The molecule has 2 rings (SSSR count). The molecular weight excluding hydrogens is 262 g/mol. The van der Waals surface area contributed by atoms with Crippen molar-refractivity contribution in [3.05, 3.63) is 29.3 Å². The van der Waals surface area contributed by atoms with Gasteiger partial charge in [-0.25, -0.2) is 0 Å². The number of carbonyl (C=O) groups is 2. The lowest BCUT2D eigenvalue weighted by atomic mass is 9.83. The van der Waals surface area contributed by atoms with Crippen molar-refractivity contribution < 1.29 is 9.59 Å². The second-order valence-electron chi connectivity index (χ2n) is 6.48. The van der Waals surface area contributed by atoms with Crippen LogP contribution in [0.4, 0.5) is 5.69 Å². The van der Waals surface area contributed by atoms with Crippen LogP contribution in [-0.4, -0.2) is 11.7 Å². The minimum Gasteiger partial charge on any atom is -0.325 e. The van der Waals surface area contributed by atoms with E-state index in [1.807, 2.05) is 32.0 Å². The molecule has 0 aliphatic carbocycles. The summed E-state index contributed by atoms with van der Waals surface area (Å²) >= 11 is 0. The molecular formula is C18H25NO2. The molecule has 1 aliphatic rings. The van der Waals surface area contributed by atoms with E-state index in [0.717, 1.165) is 42.5 Å². The first-order valence-corrected chi connectivity index (χ1v) is 7.92. The number of nitrogens with one attached hydrogen (secondary N) is 1. The second-order valence-corrected chi connectivity index (χ2v) is 6.48. The van der Waals surface area contributed by atoms with E-state index in [2.05, 4.69) is 19.2 Å². The van der Waals surface area contributed by atoms with Crippen LogP contribution >= 0.6 is 0 Å². The Hall–Kier alpha value is -1.64. The molecule has 0 atom stereocenters. The van der Waals surface area contributed by atoms with Gasteiger partial charge in [0.15, 0.2) is 5.78 Å². The first-order chi connectivity index (χ1) is 9.91. The highest BCUT2D eigenvalue weighted by molar-refractivity contribution is 6.07. The molecule has 0 aromatic heterocycles. The Bertz CT molecular complexity index is 554. The minimum atomic E-state index is -0.559. The van der Waals surface area contributed by atoms with Crippen LogP contribution < -0.4 is 5.32 Å². The van der Waals surface area contributed by atoms with Crippen LogP contribution in [0.1, 0.15) is 69.3 Å². The summed E-state index contributed by atoms with van der Waals surface area (Å²) in [7, 11) is 0. The lowest BCUT2D eigenvalue weighted by molar-refractivity contribution is -0.119. The maximum Gasteiger partial charge on any atom is 0.234 e. The monoisotopic (exact) mass is 287 g/mol. The van der Waals surface area contributed by atoms with Gasteiger partial charge in [0.05, 0.1) is 5.41 Å². The second kappa shape index (κ2) is 6.00. The molecule has 3 heteroatoms. The molecule has 0 saturated heterocycles. The van der Waals surface area contributed by atoms with Gasteiger partial charge in [-0.2, -0.15) is 0 Å². The van der Waals surface area contributed by atoms with E-state index in [1.165, 1.54) is 0 Å². The summed E-state index contributed by atoms with van der Waals surface area (Å²) in [6.07, 6.45) is 3.91. The Morgan fingerprint density at radius 3 is 2.38 bits per heavy atom. The third-order valence-corrected chi connectivity index (χ3v) is 4.44. The Labute approximate surface area is 127 Å². The van der Waals surface area contributed by atoms with Gasteiger partial charge in [-0.15, -0.1) is 0 Å². The number of hydrogen-bond acceptors (Lipinski definition) is 2. The number of anilines is 1. The van der Waals surface area contributed by atoms with Gasteiger partial charge in [-0.3, -0.25) is 9.59 Å². The van der Waals surface area contributed by atoms with E-state index in [1.54, 1.807) is 0 Å². The lowest BCUT2D eigenvalue weighted by Crippen LogP contribution is -2.27. The molecule has 1 aromatic rings. The van der Waals surface area contributed by atoms with E-state index in [0.29, 0.717) is 0 Å². The highest BCUT2D eigenvalue weighted by Gasteiger charge is 2.38. The molecule has 0 radical (unpaired) electrons. The summed E-state index contributed by atoms with van der Waals surface area (Å²) in [4.78, 5) is 24.7. The van der Waals surface area contributed by atoms with Crippen molar-refractivity contribution in [3.8, 4) is 0 Å². The number of carbonyl (C=O) groups excluding carboxylic acids is 2. The fourth-order valence-electron chi connectivity index (χ4n) is 3.06. The quantitative estimate of drug-likeness (QED) is 0.792. The smallest absolute Gasteiger partial charge is 0.234 e. The molecule has 0 unspecified atom stereocenters. The van der Waals surface area contributed by atoms with Crippen molar-refractivity contribution >= 4 is 17.4 Å². The number of amides is 1. The zero-order valence-corrected chi connectivity index (χ0v) is 13.5. The van der Waals surface area contributed by atoms with E-state index in [-0.39, 0.29) is 17.6 Å². The minimum absolute atomic E-state index is 0.000709. The van der Waals surface area contributed by atoms with Gasteiger partial charge in [-0.05, 0) is 50.5 Å². The first kappa shape index (κ1) is 15.7. The van der Waals surface area contributed by atoms with Crippen LogP contribution in [0.3, 0.4) is 0 Å². The van der Waals surface area contributed by atoms with Gasteiger partial charge in [-0.1, -0.05) is 26.7 Å². The van der Waals surface area contributed by atoms with Crippen LogP contribution in [0.15, 0.2) is 18.2 Å². The van der Waals surface area contributed by atoms with E-state index in [4.69, 9.17) is 0 Å². The molecule has 114 valence electrons. The van der Waals surface area contributed by atoms with Crippen LogP contribution in [-0.2, 0) is 10.2 Å². The fourth-order valence-corrected chi connectivity index (χ4v) is 3.06. The third kappa shape index (κ3) is 2.87. The maximum atomic E-state index is 12.7. The fraction of sp³-hybridized carbons (Fsp3) is 0.556. The molecule has 1 aliphatic heterocycles. The van der Waals surface area contributed by atoms with Gasteiger partial charge in [0.2, 0.25) is 5.91 Å². The third-order valence-electron chi connectivity index (χ3n) is 4.44. The predicted molar refractivity (Wildman–Crippen MR) is 85.7 cm³/mol. The average molecular weight is 287 g/mol. The SMILES string of the molecule is CCCC(CCC)C(=O)c1ccc2c(c1)C(C)(C)C(=O)N2. The Morgan fingerprint density at radius 1 is 1.19 bits per heavy atom. The van der Waals surface area contributed by atoms with Crippen LogP contribution in [0.25, 0.3) is 0 Å². The Balaban J connectivity index is 2.32. The molecule has 21 heavy (non-hydrogen) atoms. The number of ketones is 1. The van der Waals surface area contributed by atoms with Crippen LogP contribution in [0.5, 0.6) is 0 Å². The summed E-state index contributed by atoms with van der Waals surface area (Å²) in [5.74, 6) is 0.323. The van der Waals surface area contributed by atoms with E-state index in [9.17, 15) is 9.59 Å². The van der Waals surface area contributed by atoms with Crippen molar-refractivity contribution in [3.63, 3.8) is 0 Å². The van der Waals surface area contributed by atoms with Crippen molar-refractivity contribution in [2.75, 3.05) is 5.32 Å². The van der Waals surface area contributed by atoms with Crippen molar-refractivity contribution in [2.45, 2.75) is 58.8 Å².